The first-order chi connectivity index (χ1) is 7.45. The fraction of sp³-hybridized carbons (Fsp3) is 0.571. The van der Waals surface area contributed by atoms with Crippen LogP contribution in [0.25, 0.3) is 0 Å². The zero-order chi connectivity index (χ0) is 11.8. The first kappa shape index (κ1) is 11.8. The standard InChI is InChI=1S/C14H19ClO/c1-14(2,3)10-8-13(9-10)16-12-6-4-11(15)5-7-12/h4-7,10,13H,8-9H2,1-3H3. The van der Waals surface area contributed by atoms with Crippen molar-refractivity contribution in [2.45, 2.75) is 39.7 Å². The van der Waals surface area contributed by atoms with Gasteiger partial charge in [0.05, 0.1) is 6.10 Å². The maximum absolute atomic E-state index is 5.87. The Kier molecular flexibility index (Phi) is 3.16. The van der Waals surface area contributed by atoms with Gasteiger partial charge in [-0.2, -0.15) is 0 Å². The molecule has 16 heavy (non-hydrogen) atoms. The van der Waals surface area contributed by atoms with Crippen molar-refractivity contribution in [2.24, 2.45) is 11.3 Å². The van der Waals surface area contributed by atoms with Gasteiger partial charge in [0.15, 0.2) is 0 Å². The molecule has 1 fully saturated rings. The van der Waals surface area contributed by atoms with Crippen molar-refractivity contribution >= 4 is 11.6 Å². The number of ether oxygens (including phenoxy) is 1. The van der Waals surface area contributed by atoms with E-state index < -0.39 is 0 Å². The second-order valence-electron chi connectivity index (χ2n) is 5.73. The largest absolute Gasteiger partial charge is 0.490 e. The molecule has 0 amide bonds. The molecule has 0 unspecified atom stereocenters. The molecule has 1 aromatic carbocycles. The molecule has 0 aromatic heterocycles. The first-order valence-electron chi connectivity index (χ1n) is 5.87. The molecule has 0 spiro atoms. The van der Waals surface area contributed by atoms with Crippen molar-refractivity contribution in [1.29, 1.82) is 0 Å². The van der Waals surface area contributed by atoms with E-state index in [2.05, 4.69) is 20.8 Å². The van der Waals surface area contributed by atoms with Gasteiger partial charge in [-0.25, -0.2) is 0 Å². The van der Waals surface area contributed by atoms with Crippen molar-refractivity contribution in [3.05, 3.63) is 29.3 Å². The van der Waals surface area contributed by atoms with Crippen LogP contribution in [0.15, 0.2) is 24.3 Å². The lowest BCUT2D eigenvalue weighted by Gasteiger charge is -2.43. The molecule has 0 heterocycles. The predicted octanol–water partition coefficient (Wildman–Crippen LogP) is 4.54. The number of halogens is 1. The topological polar surface area (TPSA) is 9.23 Å². The third kappa shape index (κ3) is 2.70. The third-order valence-electron chi connectivity index (χ3n) is 3.44. The molecular formula is C14H19ClO. The van der Waals surface area contributed by atoms with Crippen molar-refractivity contribution in [2.75, 3.05) is 0 Å². The zero-order valence-corrected chi connectivity index (χ0v) is 10.9. The molecule has 1 nitrogen and oxygen atoms in total. The van der Waals surface area contributed by atoms with Gasteiger partial charge in [0.1, 0.15) is 5.75 Å². The molecule has 1 aromatic rings. The third-order valence-corrected chi connectivity index (χ3v) is 3.69. The summed E-state index contributed by atoms with van der Waals surface area (Å²) in [5, 5.41) is 0.758. The quantitative estimate of drug-likeness (QED) is 0.735. The van der Waals surface area contributed by atoms with E-state index in [1.807, 2.05) is 24.3 Å². The van der Waals surface area contributed by atoms with Crippen molar-refractivity contribution in [1.82, 2.24) is 0 Å². The van der Waals surface area contributed by atoms with Gasteiger partial charge in [-0.15, -0.1) is 0 Å². The van der Waals surface area contributed by atoms with Crippen LogP contribution >= 0.6 is 11.6 Å². The highest BCUT2D eigenvalue weighted by molar-refractivity contribution is 6.30. The lowest BCUT2D eigenvalue weighted by molar-refractivity contribution is 0.00733. The molecule has 1 saturated carbocycles. The Hall–Kier alpha value is -0.690. The van der Waals surface area contributed by atoms with E-state index >= 15 is 0 Å². The second kappa shape index (κ2) is 4.29. The van der Waals surface area contributed by atoms with Gasteiger partial charge in [-0.3, -0.25) is 0 Å². The summed E-state index contributed by atoms with van der Waals surface area (Å²) < 4.78 is 5.87. The molecule has 2 heteroatoms. The van der Waals surface area contributed by atoms with Gasteiger partial charge in [-0.05, 0) is 48.4 Å². The van der Waals surface area contributed by atoms with Crippen molar-refractivity contribution in [3.8, 4) is 5.75 Å². The van der Waals surface area contributed by atoms with Gasteiger partial charge < -0.3 is 4.74 Å². The Balaban J connectivity index is 1.84. The van der Waals surface area contributed by atoms with E-state index in [4.69, 9.17) is 16.3 Å². The Bertz CT molecular complexity index is 344. The monoisotopic (exact) mass is 238 g/mol. The number of hydrogen-bond donors (Lipinski definition) is 0. The molecular weight excluding hydrogens is 220 g/mol. The van der Waals surface area contributed by atoms with Crippen molar-refractivity contribution < 1.29 is 4.74 Å². The maximum atomic E-state index is 5.87. The lowest BCUT2D eigenvalue weighted by atomic mass is 9.67. The summed E-state index contributed by atoms with van der Waals surface area (Å²) in [6, 6.07) is 7.62. The number of hydrogen-bond acceptors (Lipinski definition) is 1. The molecule has 0 N–H and O–H groups in total. The molecule has 88 valence electrons. The summed E-state index contributed by atoms with van der Waals surface area (Å²) in [5.74, 6) is 1.73. The average Bonchev–Trinajstić information content (AvgIpc) is 2.11. The van der Waals surface area contributed by atoms with Crippen LogP contribution in [0.5, 0.6) is 5.75 Å². The summed E-state index contributed by atoms with van der Waals surface area (Å²) in [6.45, 7) is 6.91. The zero-order valence-electron chi connectivity index (χ0n) is 10.2. The van der Waals surface area contributed by atoms with E-state index in [0.717, 1.165) is 16.7 Å². The van der Waals surface area contributed by atoms with Gasteiger partial charge in [0.25, 0.3) is 0 Å². The second-order valence-corrected chi connectivity index (χ2v) is 6.16. The lowest BCUT2D eigenvalue weighted by Crippen LogP contribution is -2.40. The molecule has 0 aliphatic heterocycles. The average molecular weight is 239 g/mol. The van der Waals surface area contributed by atoms with E-state index in [1.165, 1.54) is 12.8 Å². The van der Waals surface area contributed by atoms with E-state index in [0.29, 0.717) is 11.5 Å². The maximum Gasteiger partial charge on any atom is 0.119 e. The SMILES string of the molecule is CC(C)(C)C1CC(Oc2ccc(Cl)cc2)C1. The molecule has 2 rings (SSSR count). The molecule has 0 bridgehead atoms. The summed E-state index contributed by atoms with van der Waals surface area (Å²) >= 11 is 5.82. The van der Waals surface area contributed by atoms with Crippen LogP contribution < -0.4 is 4.74 Å². The minimum Gasteiger partial charge on any atom is -0.490 e. The summed E-state index contributed by atoms with van der Waals surface area (Å²) in [6.07, 6.45) is 2.74. The predicted molar refractivity (Wildman–Crippen MR) is 68.0 cm³/mol. The van der Waals surface area contributed by atoms with Gasteiger partial charge in [0, 0.05) is 5.02 Å². The van der Waals surface area contributed by atoms with Gasteiger partial charge in [-0.1, -0.05) is 32.4 Å². The van der Waals surface area contributed by atoms with Crippen LogP contribution in [0.1, 0.15) is 33.6 Å². The Labute approximate surface area is 103 Å². The molecule has 0 atom stereocenters. The Morgan fingerprint density at radius 1 is 1.12 bits per heavy atom. The fourth-order valence-electron chi connectivity index (χ4n) is 2.07. The van der Waals surface area contributed by atoms with Gasteiger partial charge >= 0.3 is 0 Å². The smallest absolute Gasteiger partial charge is 0.119 e. The van der Waals surface area contributed by atoms with Crippen LogP contribution in [0.2, 0.25) is 5.02 Å². The minimum atomic E-state index is 0.394. The molecule has 0 saturated heterocycles. The van der Waals surface area contributed by atoms with Crippen LogP contribution in [0.3, 0.4) is 0 Å². The summed E-state index contributed by atoms with van der Waals surface area (Å²) in [4.78, 5) is 0. The normalized spacial score (nSPS) is 25.0. The highest BCUT2D eigenvalue weighted by Crippen LogP contribution is 2.43. The molecule has 1 aliphatic rings. The molecule has 0 radical (unpaired) electrons. The highest BCUT2D eigenvalue weighted by Gasteiger charge is 2.38. The first-order valence-corrected chi connectivity index (χ1v) is 6.25. The van der Waals surface area contributed by atoms with Crippen LogP contribution in [0, 0.1) is 11.3 Å². The van der Waals surface area contributed by atoms with E-state index in [9.17, 15) is 0 Å². The number of rotatable bonds is 2. The van der Waals surface area contributed by atoms with Crippen LogP contribution in [-0.4, -0.2) is 6.10 Å². The summed E-state index contributed by atoms with van der Waals surface area (Å²) in [7, 11) is 0. The highest BCUT2D eigenvalue weighted by atomic mass is 35.5. The number of benzene rings is 1. The minimum absolute atomic E-state index is 0.394. The Morgan fingerprint density at radius 3 is 2.19 bits per heavy atom. The van der Waals surface area contributed by atoms with Gasteiger partial charge in [0.2, 0.25) is 0 Å². The van der Waals surface area contributed by atoms with Crippen LogP contribution in [0.4, 0.5) is 0 Å². The molecule has 1 aliphatic carbocycles. The van der Waals surface area contributed by atoms with Crippen LogP contribution in [-0.2, 0) is 0 Å². The fourth-order valence-corrected chi connectivity index (χ4v) is 2.20. The van der Waals surface area contributed by atoms with Crippen molar-refractivity contribution in [3.63, 3.8) is 0 Å². The Morgan fingerprint density at radius 2 is 1.69 bits per heavy atom. The summed E-state index contributed by atoms with van der Waals surface area (Å²) in [5.41, 5.74) is 0.417. The van der Waals surface area contributed by atoms with E-state index in [-0.39, 0.29) is 0 Å². The van der Waals surface area contributed by atoms with E-state index in [1.54, 1.807) is 0 Å².